The average molecular weight is 252 g/mol. The second-order valence-electron chi connectivity index (χ2n) is 5.08. The summed E-state index contributed by atoms with van der Waals surface area (Å²) in [5.74, 6) is 1.31. The average Bonchev–Trinajstić information content (AvgIpc) is 2.35. The lowest BCUT2D eigenvalue weighted by atomic mass is 9.96. The van der Waals surface area contributed by atoms with Crippen LogP contribution in [0.1, 0.15) is 44.2 Å². The Hall–Kier alpha value is -1.06. The van der Waals surface area contributed by atoms with Gasteiger partial charge in [-0.05, 0) is 42.9 Å². The maximum Gasteiger partial charge on any atom is 0.122 e. The van der Waals surface area contributed by atoms with Gasteiger partial charge in [0.2, 0.25) is 0 Å². The highest BCUT2D eigenvalue weighted by molar-refractivity contribution is 5.39. The zero-order valence-electron chi connectivity index (χ0n) is 11.7. The normalized spacial score (nSPS) is 14.6. The Morgan fingerprint density at radius 1 is 1.17 bits per heavy atom. The van der Waals surface area contributed by atoms with Gasteiger partial charge in [0.05, 0.1) is 19.3 Å². The van der Waals surface area contributed by atoms with Crippen molar-refractivity contribution in [2.24, 2.45) is 0 Å². The van der Waals surface area contributed by atoms with E-state index in [1.54, 1.807) is 14.0 Å². The molecule has 1 rings (SSSR count). The summed E-state index contributed by atoms with van der Waals surface area (Å²) >= 11 is 0. The topological polar surface area (TPSA) is 49.7 Å². The quantitative estimate of drug-likeness (QED) is 0.818. The maximum atomic E-state index is 9.59. The van der Waals surface area contributed by atoms with Gasteiger partial charge in [-0.3, -0.25) is 0 Å². The smallest absolute Gasteiger partial charge is 0.122 e. The SMILES string of the molecule is COc1ccc(CCC(O)C(C)O)cc1C(C)C. The van der Waals surface area contributed by atoms with Crippen LogP contribution in [-0.4, -0.2) is 29.5 Å². The molecule has 102 valence electrons. The zero-order valence-corrected chi connectivity index (χ0v) is 11.7. The lowest BCUT2D eigenvalue weighted by Crippen LogP contribution is -2.22. The van der Waals surface area contributed by atoms with Gasteiger partial charge < -0.3 is 14.9 Å². The van der Waals surface area contributed by atoms with Crippen LogP contribution >= 0.6 is 0 Å². The molecule has 0 saturated heterocycles. The van der Waals surface area contributed by atoms with Crippen molar-refractivity contribution in [1.82, 2.24) is 0 Å². The molecule has 3 heteroatoms. The van der Waals surface area contributed by atoms with Gasteiger partial charge in [0.1, 0.15) is 5.75 Å². The number of aliphatic hydroxyl groups excluding tert-OH is 2. The molecule has 1 aromatic rings. The van der Waals surface area contributed by atoms with Crippen LogP contribution in [0.2, 0.25) is 0 Å². The molecular weight excluding hydrogens is 228 g/mol. The third-order valence-corrected chi connectivity index (χ3v) is 3.20. The molecular formula is C15H24O3. The number of benzene rings is 1. The van der Waals surface area contributed by atoms with Gasteiger partial charge in [-0.25, -0.2) is 0 Å². The fourth-order valence-electron chi connectivity index (χ4n) is 1.95. The number of rotatable bonds is 6. The highest BCUT2D eigenvalue weighted by Gasteiger charge is 2.12. The van der Waals surface area contributed by atoms with Crippen molar-refractivity contribution in [2.75, 3.05) is 7.11 Å². The summed E-state index contributed by atoms with van der Waals surface area (Å²) in [6.45, 7) is 5.87. The maximum absolute atomic E-state index is 9.59. The number of methoxy groups -OCH3 is 1. The van der Waals surface area contributed by atoms with Crippen molar-refractivity contribution in [1.29, 1.82) is 0 Å². The molecule has 0 saturated carbocycles. The molecule has 3 nitrogen and oxygen atoms in total. The summed E-state index contributed by atoms with van der Waals surface area (Å²) in [6, 6.07) is 6.11. The van der Waals surface area contributed by atoms with E-state index in [-0.39, 0.29) is 0 Å². The summed E-state index contributed by atoms with van der Waals surface area (Å²) < 4.78 is 5.34. The van der Waals surface area contributed by atoms with Crippen molar-refractivity contribution >= 4 is 0 Å². The molecule has 0 bridgehead atoms. The van der Waals surface area contributed by atoms with Crippen LogP contribution in [0.3, 0.4) is 0 Å². The number of aliphatic hydroxyl groups is 2. The summed E-state index contributed by atoms with van der Waals surface area (Å²) in [5.41, 5.74) is 2.35. The molecule has 2 unspecified atom stereocenters. The standard InChI is InChI=1S/C15H24O3/c1-10(2)13-9-12(6-8-15(13)18-4)5-7-14(17)11(3)16/h6,8-11,14,16-17H,5,7H2,1-4H3. The van der Waals surface area contributed by atoms with E-state index in [9.17, 15) is 10.2 Å². The van der Waals surface area contributed by atoms with E-state index in [4.69, 9.17) is 4.74 Å². The first-order chi connectivity index (χ1) is 8.45. The first kappa shape index (κ1) is 15.0. The lowest BCUT2D eigenvalue weighted by Gasteiger charge is -2.16. The summed E-state index contributed by atoms with van der Waals surface area (Å²) in [4.78, 5) is 0. The van der Waals surface area contributed by atoms with Crippen LogP contribution in [-0.2, 0) is 6.42 Å². The first-order valence-electron chi connectivity index (χ1n) is 6.48. The Kier molecular flexibility index (Phi) is 5.63. The predicted molar refractivity (Wildman–Crippen MR) is 73.1 cm³/mol. The second kappa shape index (κ2) is 6.76. The minimum absolute atomic E-state index is 0.404. The number of hydrogen-bond donors (Lipinski definition) is 2. The van der Waals surface area contributed by atoms with E-state index in [0.29, 0.717) is 12.3 Å². The fourth-order valence-corrected chi connectivity index (χ4v) is 1.95. The van der Waals surface area contributed by atoms with Crippen molar-refractivity contribution in [3.05, 3.63) is 29.3 Å². The van der Waals surface area contributed by atoms with E-state index in [0.717, 1.165) is 12.2 Å². The molecule has 0 amide bonds. The van der Waals surface area contributed by atoms with Crippen LogP contribution < -0.4 is 4.74 Å². The van der Waals surface area contributed by atoms with Crippen molar-refractivity contribution in [3.8, 4) is 5.75 Å². The molecule has 2 N–H and O–H groups in total. The molecule has 0 aliphatic carbocycles. The number of aryl methyl sites for hydroxylation is 1. The zero-order chi connectivity index (χ0) is 13.7. The van der Waals surface area contributed by atoms with Crippen molar-refractivity contribution < 1.29 is 14.9 Å². The van der Waals surface area contributed by atoms with Crippen LogP contribution in [0.15, 0.2) is 18.2 Å². The first-order valence-corrected chi connectivity index (χ1v) is 6.48. The molecule has 0 fully saturated rings. The molecule has 0 aliphatic rings. The van der Waals surface area contributed by atoms with E-state index < -0.39 is 12.2 Å². The molecule has 0 radical (unpaired) electrons. The van der Waals surface area contributed by atoms with E-state index in [1.165, 1.54) is 11.1 Å². The molecule has 0 spiro atoms. The Balaban J connectivity index is 2.76. The monoisotopic (exact) mass is 252 g/mol. The van der Waals surface area contributed by atoms with Gasteiger partial charge in [0, 0.05) is 0 Å². The van der Waals surface area contributed by atoms with Gasteiger partial charge in [-0.15, -0.1) is 0 Å². The summed E-state index contributed by atoms with van der Waals surface area (Å²) in [5, 5.41) is 18.8. The highest BCUT2D eigenvalue weighted by Crippen LogP contribution is 2.27. The van der Waals surface area contributed by atoms with Gasteiger partial charge in [0.15, 0.2) is 0 Å². The molecule has 2 atom stereocenters. The van der Waals surface area contributed by atoms with Crippen LogP contribution in [0, 0.1) is 0 Å². The lowest BCUT2D eigenvalue weighted by molar-refractivity contribution is 0.0265. The largest absolute Gasteiger partial charge is 0.496 e. The summed E-state index contributed by atoms with van der Waals surface area (Å²) in [6.07, 6.45) is -0.000427. The van der Waals surface area contributed by atoms with Gasteiger partial charge in [0.25, 0.3) is 0 Å². The fraction of sp³-hybridized carbons (Fsp3) is 0.600. The third-order valence-electron chi connectivity index (χ3n) is 3.20. The molecule has 0 heterocycles. The Bertz CT molecular complexity index is 372. The van der Waals surface area contributed by atoms with E-state index >= 15 is 0 Å². The Labute approximate surface area is 109 Å². The van der Waals surface area contributed by atoms with Gasteiger partial charge in [-0.2, -0.15) is 0 Å². The minimum atomic E-state index is -0.673. The van der Waals surface area contributed by atoms with Crippen LogP contribution in [0.4, 0.5) is 0 Å². The number of hydrogen-bond acceptors (Lipinski definition) is 3. The number of ether oxygens (including phenoxy) is 1. The Morgan fingerprint density at radius 2 is 1.83 bits per heavy atom. The van der Waals surface area contributed by atoms with Crippen LogP contribution in [0.25, 0.3) is 0 Å². The molecule has 0 aromatic heterocycles. The molecule has 0 aliphatic heterocycles. The second-order valence-corrected chi connectivity index (χ2v) is 5.08. The Morgan fingerprint density at radius 3 is 2.33 bits per heavy atom. The van der Waals surface area contributed by atoms with Crippen molar-refractivity contribution in [3.63, 3.8) is 0 Å². The summed E-state index contributed by atoms with van der Waals surface area (Å²) in [7, 11) is 1.68. The molecule has 1 aromatic carbocycles. The van der Waals surface area contributed by atoms with E-state index in [2.05, 4.69) is 19.9 Å². The molecule has 18 heavy (non-hydrogen) atoms. The minimum Gasteiger partial charge on any atom is -0.496 e. The predicted octanol–water partition coefficient (Wildman–Crippen LogP) is 2.49. The van der Waals surface area contributed by atoms with Crippen LogP contribution in [0.5, 0.6) is 5.75 Å². The van der Waals surface area contributed by atoms with Crippen molar-refractivity contribution in [2.45, 2.75) is 51.7 Å². The van der Waals surface area contributed by atoms with Gasteiger partial charge in [-0.1, -0.05) is 26.0 Å². The third kappa shape index (κ3) is 4.00. The highest BCUT2D eigenvalue weighted by atomic mass is 16.5. The van der Waals surface area contributed by atoms with E-state index in [1.807, 2.05) is 12.1 Å². The van der Waals surface area contributed by atoms with Gasteiger partial charge >= 0.3 is 0 Å².